The molecule has 0 saturated heterocycles. The van der Waals surface area contributed by atoms with Gasteiger partial charge in [0, 0.05) is 16.8 Å². The number of nitrogens with one attached hydrogen (secondary N) is 1. The molecule has 0 aliphatic heterocycles. The summed E-state index contributed by atoms with van der Waals surface area (Å²) in [6, 6.07) is 5.00. The highest BCUT2D eigenvalue weighted by atomic mass is 79.9. The van der Waals surface area contributed by atoms with Crippen molar-refractivity contribution in [1.29, 1.82) is 0 Å². The van der Waals surface area contributed by atoms with Crippen molar-refractivity contribution in [3.8, 4) is 0 Å². The second-order valence-electron chi connectivity index (χ2n) is 3.67. The fourth-order valence-electron chi connectivity index (χ4n) is 1.33. The lowest BCUT2D eigenvalue weighted by Crippen LogP contribution is -2.12. The predicted octanol–water partition coefficient (Wildman–Crippen LogP) is 4.01. The Balaban J connectivity index is 2.20. The van der Waals surface area contributed by atoms with Gasteiger partial charge in [-0.1, -0.05) is 27.5 Å². The lowest BCUT2D eigenvalue weighted by atomic mass is 10.2. The zero-order valence-electron chi connectivity index (χ0n) is 9.74. The summed E-state index contributed by atoms with van der Waals surface area (Å²) in [5.74, 6) is -0.506. The lowest BCUT2D eigenvalue weighted by molar-refractivity contribution is 0.100. The average molecular weight is 360 g/mol. The summed E-state index contributed by atoms with van der Waals surface area (Å²) in [7, 11) is 0. The molecule has 1 aromatic heterocycles. The number of hydrogen-bond donors (Lipinski definition) is 1. The first-order chi connectivity index (χ1) is 8.97. The predicted molar refractivity (Wildman–Crippen MR) is 79.2 cm³/mol. The number of nitrogens with zero attached hydrogens (tertiary/aromatic N) is 1. The van der Waals surface area contributed by atoms with E-state index in [9.17, 15) is 9.59 Å². The molecule has 2 rings (SSSR count). The van der Waals surface area contributed by atoms with E-state index < -0.39 is 0 Å². The number of carbonyl (C=O) groups is 2. The number of carbonyl (C=O) groups excluding carboxylic acids is 2. The smallest absolute Gasteiger partial charge is 0.258 e. The van der Waals surface area contributed by atoms with Crippen LogP contribution in [0.25, 0.3) is 0 Å². The third-order valence-electron chi connectivity index (χ3n) is 2.26. The van der Waals surface area contributed by atoms with Gasteiger partial charge in [0.1, 0.15) is 5.69 Å². The maximum Gasteiger partial charge on any atom is 0.258 e. The Morgan fingerprint density at radius 1 is 1.42 bits per heavy atom. The van der Waals surface area contributed by atoms with Crippen molar-refractivity contribution in [3.05, 3.63) is 44.3 Å². The van der Waals surface area contributed by atoms with Crippen LogP contribution in [-0.4, -0.2) is 16.7 Å². The molecule has 0 aliphatic rings. The van der Waals surface area contributed by atoms with Crippen LogP contribution in [0.3, 0.4) is 0 Å². The number of halogens is 2. The number of Topliss-reactive ketones (excluding diaryl/α,β-unsaturated/α-hetero) is 1. The van der Waals surface area contributed by atoms with Gasteiger partial charge in [0.25, 0.3) is 5.91 Å². The van der Waals surface area contributed by atoms with Crippen LogP contribution in [0.2, 0.25) is 5.02 Å². The van der Waals surface area contributed by atoms with Gasteiger partial charge in [0.05, 0.1) is 10.6 Å². The van der Waals surface area contributed by atoms with E-state index in [0.29, 0.717) is 21.4 Å². The van der Waals surface area contributed by atoms with E-state index in [1.54, 1.807) is 23.6 Å². The van der Waals surface area contributed by atoms with E-state index in [-0.39, 0.29) is 11.7 Å². The van der Waals surface area contributed by atoms with Crippen molar-refractivity contribution in [1.82, 2.24) is 4.98 Å². The number of anilines is 1. The summed E-state index contributed by atoms with van der Waals surface area (Å²) >= 11 is 10.4. The van der Waals surface area contributed by atoms with Crippen LogP contribution in [0.15, 0.2) is 28.1 Å². The van der Waals surface area contributed by atoms with Crippen LogP contribution in [0.5, 0.6) is 0 Å². The van der Waals surface area contributed by atoms with Crippen LogP contribution < -0.4 is 5.32 Å². The molecule has 0 fully saturated rings. The Hall–Kier alpha value is -1.24. The molecule has 1 aromatic carbocycles. The van der Waals surface area contributed by atoms with E-state index in [0.717, 1.165) is 4.47 Å². The number of aromatic nitrogens is 1. The number of rotatable bonds is 3. The molecule has 1 heterocycles. The fraction of sp³-hybridized carbons (Fsp3) is 0.0833. The quantitative estimate of drug-likeness (QED) is 0.842. The SMILES string of the molecule is CC(=O)c1csc(NC(=O)c2cc(Br)ccc2Cl)n1. The van der Waals surface area contributed by atoms with Gasteiger partial charge in [-0.05, 0) is 18.2 Å². The van der Waals surface area contributed by atoms with Crippen LogP contribution in [0, 0.1) is 0 Å². The molecule has 0 atom stereocenters. The summed E-state index contributed by atoms with van der Waals surface area (Å²) in [6.45, 7) is 1.42. The third-order valence-corrected chi connectivity index (χ3v) is 3.84. The minimum Gasteiger partial charge on any atom is -0.298 e. The summed E-state index contributed by atoms with van der Waals surface area (Å²) in [5, 5.41) is 4.93. The zero-order chi connectivity index (χ0) is 14.0. The van der Waals surface area contributed by atoms with Gasteiger partial charge in [-0.2, -0.15) is 0 Å². The zero-order valence-corrected chi connectivity index (χ0v) is 12.9. The Kier molecular flexibility index (Phi) is 4.34. The Labute approximate surface area is 126 Å². The molecule has 98 valence electrons. The van der Waals surface area contributed by atoms with Crippen molar-refractivity contribution in [2.45, 2.75) is 6.92 Å². The highest BCUT2D eigenvalue weighted by Crippen LogP contribution is 2.23. The minimum absolute atomic E-state index is 0.141. The van der Waals surface area contributed by atoms with Gasteiger partial charge >= 0.3 is 0 Å². The molecule has 0 saturated carbocycles. The molecular formula is C12H8BrClN2O2S. The Bertz CT molecular complexity index is 657. The summed E-state index contributed by atoms with van der Waals surface area (Å²) in [6.07, 6.45) is 0. The molecule has 1 N–H and O–H groups in total. The number of thiazole rings is 1. The molecule has 0 spiro atoms. The fourth-order valence-corrected chi connectivity index (χ4v) is 2.64. The van der Waals surface area contributed by atoms with Gasteiger partial charge in [-0.15, -0.1) is 11.3 Å². The molecule has 7 heteroatoms. The van der Waals surface area contributed by atoms with E-state index in [1.807, 2.05) is 0 Å². The van der Waals surface area contributed by atoms with Gasteiger partial charge in [0.2, 0.25) is 0 Å². The summed E-state index contributed by atoms with van der Waals surface area (Å²) in [4.78, 5) is 27.2. The van der Waals surface area contributed by atoms with Crippen molar-refractivity contribution in [2.24, 2.45) is 0 Å². The Morgan fingerprint density at radius 2 is 2.16 bits per heavy atom. The first-order valence-corrected chi connectivity index (χ1v) is 7.25. The first-order valence-electron chi connectivity index (χ1n) is 5.20. The summed E-state index contributed by atoms with van der Waals surface area (Å²) in [5.41, 5.74) is 0.677. The molecule has 0 bridgehead atoms. The molecule has 1 amide bonds. The van der Waals surface area contributed by atoms with E-state index >= 15 is 0 Å². The number of amides is 1. The van der Waals surface area contributed by atoms with Crippen molar-refractivity contribution in [3.63, 3.8) is 0 Å². The van der Waals surface area contributed by atoms with Crippen LogP contribution in [0.4, 0.5) is 5.13 Å². The molecule has 0 radical (unpaired) electrons. The maximum absolute atomic E-state index is 12.0. The van der Waals surface area contributed by atoms with Crippen molar-refractivity contribution < 1.29 is 9.59 Å². The second-order valence-corrected chi connectivity index (χ2v) is 5.85. The second kappa shape index (κ2) is 5.81. The van der Waals surface area contributed by atoms with Crippen LogP contribution in [-0.2, 0) is 0 Å². The number of benzene rings is 1. The maximum atomic E-state index is 12.0. The van der Waals surface area contributed by atoms with Crippen LogP contribution >= 0.6 is 38.9 Å². The number of ketones is 1. The van der Waals surface area contributed by atoms with E-state index in [2.05, 4.69) is 26.2 Å². The van der Waals surface area contributed by atoms with Crippen molar-refractivity contribution in [2.75, 3.05) is 5.32 Å². The molecule has 2 aromatic rings. The first kappa shape index (κ1) is 14.2. The van der Waals surface area contributed by atoms with Gasteiger partial charge < -0.3 is 0 Å². The molecule has 0 aliphatic carbocycles. The number of hydrogen-bond acceptors (Lipinski definition) is 4. The van der Waals surface area contributed by atoms with E-state index in [1.165, 1.54) is 18.3 Å². The lowest BCUT2D eigenvalue weighted by Gasteiger charge is -2.04. The Morgan fingerprint density at radius 3 is 2.79 bits per heavy atom. The van der Waals surface area contributed by atoms with E-state index in [4.69, 9.17) is 11.6 Å². The minimum atomic E-state index is -0.365. The molecule has 19 heavy (non-hydrogen) atoms. The normalized spacial score (nSPS) is 10.3. The topological polar surface area (TPSA) is 59.1 Å². The van der Waals surface area contributed by atoms with Crippen LogP contribution in [0.1, 0.15) is 27.8 Å². The largest absolute Gasteiger partial charge is 0.298 e. The van der Waals surface area contributed by atoms with Gasteiger partial charge in [0.15, 0.2) is 10.9 Å². The highest BCUT2D eigenvalue weighted by Gasteiger charge is 2.13. The van der Waals surface area contributed by atoms with Gasteiger partial charge in [-0.3, -0.25) is 14.9 Å². The molecular weight excluding hydrogens is 352 g/mol. The standard InChI is InChI=1S/C12H8BrClN2O2S/c1-6(17)10-5-19-12(15-10)16-11(18)8-4-7(13)2-3-9(8)14/h2-5H,1H3,(H,15,16,18). The highest BCUT2D eigenvalue weighted by molar-refractivity contribution is 9.10. The molecule has 0 unspecified atom stereocenters. The average Bonchev–Trinajstić information content (AvgIpc) is 2.80. The van der Waals surface area contributed by atoms with Gasteiger partial charge in [-0.25, -0.2) is 4.98 Å². The summed E-state index contributed by atoms with van der Waals surface area (Å²) < 4.78 is 0.755. The molecule has 4 nitrogen and oxygen atoms in total. The third kappa shape index (κ3) is 3.40. The monoisotopic (exact) mass is 358 g/mol. The van der Waals surface area contributed by atoms with Crippen molar-refractivity contribution >= 4 is 55.7 Å².